The topological polar surface area (TPSA) is 46.2 Å². The first kappa shape index (κ1) is 12.3. The molecule has 76 valence electrons. The molecule has 0 aliphatic rings. The van der Waals surface area contributed by atoms with Crippen LogP contribution in [0.4, 0.5) is 13.2 Å². The van der Waals surface area contributed by atoms with Crippen LogP contribution in [0.15, 0.2) is 0 Å². The lowest BCUT2D eigenvalue weighted by Gasteiger charge is -2.06. The van der Waals surface area contributed by atoms with Gasteiger partial charge in [-0.05, 0) is 0 Å². The summed E-state index contributed by atoms with van der Waals surface area (Å²) in [5, 5.41) is 1.34. The number of carbonyl (C=O) groups is 2. The largest absolute Gasteiger partial charge is 0.405 e. The second-order valence-electron chi connectivity index (χ2n) is 2.17. The van der Waals surface area contributed by atoms with Gasteiger partial charge in [0.1, 0.15) is 6.54 Å². The van der Waals surface area contributed by atoms with Gasteiger partial charge in [0.2, 0.25) is 5.91 Å². The Bertz CT molecular complexity index is 205. The molecule has 0 aromatic heterocycles. The summed E-state index contributed by atoms with van der Waals surface area (Å²) in [6.07, 6.45) is -4.41. The molecule has 0 rings (SSSR count). The molecule has 0 unspecified atom stereocenters. The zero-order valence-electron chi connectivity index (χ0n) is 6.77. The average Bonchev–Trinajstić information content (AvgIpc) is 1.95. The van der Waals surface area contributed by atoms with Crippen LogP contribution < -0.4 is 5.32 Å². The van der Waals surface area contributed by atoms with Crippen LogP contribution in [-0.2, 0) is 9.59 Å². The second-order valence-corrected chi connectivity index (χ2v) is 3.32. The molecular formula is C6H8F3NO2S. The van der Waals surface area contributed by atoms with Crippen molar-refractivity contribution >= 4 is 22.8 Å². The van der Waals surface area contributed by atoms with Crippen molar-refractivity contribution in [1.29, 1.82) is 0 Å². The minimum Gasteiger partial charge on any atom is -0.346 e. The summed E-state index contributed by atoms with van der Waals surface area (Å²) >= 11 is 0.672. The first-order valence-electron chi connectivity index (χ1n) is 3.28. The number of hydrogen-bond donors (Lipinski definition) is 1. The van der Waals surface area contributed by atoms with Crippen LogP contribution in [-0.4, -0.2) is 29.5 Å². The third-order valence-electron chi connectivity index (χ3n) is 0.893. The predicted molar refractivity (Wildman–Crippen MR) is 42.2 cm³/mol. The van der Waals surface area contributed by atoms with E-state index in [0.29, 0.717) is 11.8 Å². The first-order chi connectivity index (χ1) is 5.81. The molecule has 0 radical (unpaired) electrons. The third-order valence-corrected chi connectivity index (χ3v) is 1.71. The van der Waals surface area contributed by atoms with E-state index in [1.54, 1.807) is 5.32 Å². The quantitative estimate of drug-likeness (QED) is 0.762. The molecule has 0 spiro atoms. The number of alkyl halides is 3. The van der Waals surface area contributed by atoms with E-state index in [0.717, 1.165) is 0 Å². The Balaban J connectivity index is 3.58. The van der Waals surface area contributed by atoms with Gasteiger partial charge in [0.15, 0.2) is 5.12 Å². The Morgan fingerprint density at radius 1 is 1.38 bits per heavy atom. The van der Waals surface area contributed by atoms with Crippen molar-refractivity contribution < 1.29 is 22.8 Å². The monoisotopic (exact) mass is 215 g/mol. The summed E-state index contributed by atoms with van der Waals surface area (Å²) in [7, 11) is 0. The molecule has 0 aromatic carbocycles. The van der Waals surface area contributed by atoms with Gasteiger partial charge in [-0.1, -0.05) is 11.8 Å². The molecule has 0 saturated carbocycles. The predicted octanol–water partition coefficient (Wildman–Crippen LogP) is 0.945. The molecule has 1 N–H and O–H groups in total. The lowest BCUT2D eigenvalue weighted by Crippen LogP contribution is -2.34. The normalized spacial score (nSPS) is 11.1. The maximum absolute atomic E-state index is 11.5. The lowest BCUT2D eigenvalue weighted by molar-refractivity contribution is -0.136. The molecule has 0 aliphatic heterocycles. The van der Waals surface area contributed by atoms with Crippen LogP contribution in [0.1, 0.15) is 6.92 Å². The second kappa shape index (κ2) is 5.11. The number of hydrogen-bond acceptors (Lipinski definition) is 3. The molecule has 0 aliphatic carbocycles. The molecule has 0 bridgehead atoms. The van der Waals surface area contributed by atoms with Crippen LogP contribution in [0.25, 0.3) is 0 Å². The van der Waals surface area contributed by atoms with Gasteiger partial charge in [-0.3, -0.25) is 9.59 Å². The van der Waals surface area contributed by atoms with E-state index in [-0.39, 0.29) is 10.9 Å². The van der Waals surface area contributed by atoms with Gasteiger partial charge in [0, 0.05) is 6.92 Å². The van der Waals surface area contributed by atoms with Crippen LogP contribution in [0.3, 0.4) is 0 Å². The van der Waals surface area contributed by atoms with Crippen molar-refractivity contribution in [3.63, 3.8) is 0 Å². The highest BCUT2D eigenvalue weighted by atomic mass is 32.2. The van der Waals surface area contributed by atoms with Gasteiger partial charge < -0.3 is 5.32 Å². The Morgan fingerprint density at radius 3 is 2.31 bits per heavy atom. The van der Waals surface area contributed by atoms with E-state index in [4.69, 9.17) is 0 Å². The molecule has 13 heavy (non-hydrogen) atoms. The first-order valence-corrected chi connectivity index (χ1v) is 4.26. The number of halogens is 3. The number of rotatable bonds is 3. The number of carbonyl (C=O) groups excluding carboxylic acids is 2. The maximum atomic E-state index is 11.5. The summed E-state index contributed by atoms with van der Waals surface area (Å²) in [6.45, 7) is -0.119. The molecule has 0 atom stereocenters. The van der Waals surface area contributed by atoms with Gasteiger partial charge in [-0.2, -0.15) is 13.2 Å². The average molecular weight is 215 g/mol. The Hall–Kier alpha value is -0.720. The van der Waals surface area contributed by atoms with E-state index < -0.39 is 18.6 Å². The highest BCUT2D eigenvalue weighted by Crippen LogP contribution is 2.12. The number of amides is 1. The van der Waals surface area contributed by atoms with E-state index in [1.165, 1.54) is 6.92 Å². The summed E-state index contributed by atoms with van der Waals surface area (Å²) in [5.41, 5.74) is 0. The van der Waals surface area contributed by atoms with E-state index in [1.807, 2.05) is 0 Å². The van der Waals surface area contributed by atoms with Crippen molar-refractivity contribution in [3.05, 3.63) is 0 Å². The summed E-state index contributed by atoms with van der Waals surface area (Å²) in [6, 6.07) is 0. The maximum Gasteiger partial charge on any atom is 0.405 e. The van der Waals surface area contributed by atoms with Crippen LogP contribution >= 0.6 is 11.8 Å². The van der Waals surface area contributed by atoms with Crippen LogP contribution in [0.5, 0.6) is 0 Å². The van der Waals surface area contributed by atoms with Crippen molar-refractivity contribution in [3.8, 4) is 0 Å². The molecule has 1 amide bonds. The summed E-state index contributed by atoms with van der Waals surface area (Å²) in [4.78, 5) is 20.9. The zero-order chi connectivity index (χ0) is 10.5. The van der Waals surface area contributed by atoms with Crippen molar-refractivity contribution in [2.24, 2.45) is 0 Å². The van der Waals surface area contributed by atoms with Crippen molar-refractivity contribution in [2.45, 2.75) is 13.1 Å². The lowest BCUT2D eigenvalue weighted by atomic mass is 10.6. The minimum atomic E-state index is -4.41. The van der Waals surface area contributed by atoms with Gasteiger partial charge in [0.25, 0.3) is 0 Å². The Labute approximate surface area is 77.1 Å². The molecule has 3 nitrogen and oxygen atoms in total. The molecular weight excluding hydrogens is 207 g/mol. The highest BCUT2D eigenvalue weighted by Gasteiger charge is 2.27. The van der Waals surface area contributed by atoms with Crippen molar-refractivity contribution in [1.82, 2.24) is 5.32 Å². The van der Waals surface area contributed by atoms with E-state index >= 15 is 0 Å². The van der Waals surface area contributed by atoms with Crippen LogP contribution in [0.2, 0.25) is 0 Å². The number of nitrogens with one attached hydrogen (secondary N) is 1. The zero-order valence-corrected chi connectivity index (χ0v) is 7.59. The molecule has 7 heteroatoms. The highest BCUT2D eigenvalue weighted by molar-refractivity contribution is 8.14. The Morgan fingerprint density at radius 2 is 1.92 bits per heavy atom. The standard InChI is InChI=1S/C6H8F3NO2S/c1-4(11)13-2-5(12)10-3-6(7,8)9/h2-3H2,1H3,(H,10,12). The fourth-order valence-electron chi connectivity index (χ4n) is 0.417. The van der Waals surface area contributed by atoms with Crippen molar-refractivity contribution in [2.75, 3.05) is 12.3 Å². The van der Waals surface area contributed by atoms with Gasteiger partial charge in [-0.25, -0.2) is 0 Å². The SMILES string of the molecule is CC(=O)SCC(=O)NCC(F)(F)F. The minimum absolute atomic E-state index is 0.272. The Kier molecular flexibility index (Phi) is 4.82. The van der Waals surface area contributed by atoms with Gasteiger partial charge in [0.05, 0.1) is 5.75 Å². The van der Waals surface area contributed by atoms with E-state index in [9.17, 15) is 22.8 Å². The van der Waals surface area contributed by atoms with Crippen LogP contribution in [0, 0.1) is 0 Å². The number of thioether (sulfide) groups is 1. The van der Waals surface area contributed by atoms with Gasteiger partial charge >= 0.3 is 6.18 Å². The molecule has 0 fully saturated rings. The molecule has 0 heterocycles. The van der Waals surface area contributed by atoms with Gasteiger partial charge in [-0.15, -0.1) is 0 Å². The summed E-state index contributed by atoms with van der Waals surface area (Å²) in [5.74, 6) is -1.07. The van der Waals surface area contributed by atoms with E-state index in [2.05, 4.69) is 0 Å². The summed E-state index contributed by atoms with van der Waals surface area (Å²) < 4.78 is 34.6. The molecule has 0 aromatic rings. The fraction of sp³-hybridized carbons (Fsp3) is 0.667. The third kappa shape index (κ3) is 9.19. The molecule has 0 saturated heterocycles. The smallest absolute Gasteiger partial charge is 0.346 e. The fourth-order valence-corrected chi connectivity index (χ4v) is 0.853.